The number of nitrogens with zero attached hydrogens (tertiary/aromatic N) is 2. The van der Waals surface area contributed by atoms with Crippen LogP contribution in [-0.4, -0.2) is 18.8 Å². The minimum absolute atomic E-state index is 0.561. The van der Waals surface area contributed by atoms with Gasteiger partial charge in [-0.15, -0.1) is 0 Å². The molecule has 0 fully saturated rings. The highest BCUT2D eigenvalue weighted by atomic mass is 15.1. The second-order valence-corrected chi connectivity index (χ2v) is 10.7. The summed E-state index contributed by atoms with van der Waals surface area (Å²) < 4.78 is 0. The van der Waals surface area contributed by atoms with Gasteiger partial charge in [-0.25, -0.2) is 4.99 Å². The van der Waals surface area contributed by atoms with Gasteiger partial charge in [0.1, 0.15) is 0 Å². The molecule has 0 aliphatic heterocycles. The summed E-state index contributed by atoms with van der Waals surface area (Å²) in [6, 6.07) is 35.3. The third-order valence-electron chi connectivity index (χ3n) is 8.12. The molecule has 5 rings (SSSR count). The third-order valence-corrected chi connectivity index (χ3v) is 8.12. The number of allylic oxidation sites excluding steroid dienone is 3. The van der Waals surface area contributed by atoms with E-state index in [4.69, 9.17) is 4.99 Å². The molecule has 0 radical (unpaired) electrons. The summed E-state index contributed by atoms with van der Waals surface area (Å²) in [7, 11) is 0. The second kappa shape index (κ2) is 12.3. The number of anilines is 1. The van der Waals surface area contributed by atoms with E-state index in [0.29, 0.717) is 5.92 Å². The molecule has 1 atom stereocenters. The molecule has 1 unspecified atom stereocenters. The van der Waals surface area contributed by atoms with Crippen LogP contribution in [0, 0.1) is 6.92 Å². The van der Waals surface area contributed by atoms with Crippen molar-refractivity contribution in [1.29, 1.82) is 0 Å². The number of rotatable bonds is 8. The molecule has 0 spiro atoms. The molecule has 2 nitrogen and oxygen atoms in total. The topological polar surface area (TPSA) is 15.6 Å². The van der Waals surface area contributed by atoms with Crippen LogP contribution in [0.25, 0.3) is 11.1 Å². The number of aryl methyl sites for hydroxylation is 1. The zero-order valence-corrected chi connectivity index (χ0v) is 24.5. The number of benzene rings is 4. The van der Waals surface area contributed by atoms with Gasteiger partial charge < -0.3 is 4.90 Å². The summed E-state index contributed by atoms with van der Waals surface area (Å²) in [5.74, 6) is 0.561. The third kappa shape index (κ3) is 5.72. The first-order valence-electron chi connectivity index (χ1n) is 14.7. The quantitative estimate of drug-likeness (QED) is 0.224. The SMILES string of the molecule is CCC(C)c1ccc(N=C2C=CC(=C(c3ccc(C)cc3)c3ccc(N(CC)CC)cc3)c3ccccc32)cc1. The summed E-state index contributed by atoms with van der Waals surface area (Å²) in [5, 5.41) is 0. The lowest BCUT2D eigenvalue weighted by atomic mass is 9.83. The Hall–Kier alpha value is -4.17. The highest BCUT2D eigenvalue weighted by molar-refractivity contribution is 6.19. The molecule has 1 aliphatic carbocycles. The first-order valence-corrected chi connectivity index (χ1v) is 14.7. The Labute approximate surface area is 240 Å². The molecular formula is C38H40N2. The maximum absolute atomic E-state index is 5.09. The number of fused-ring (bicyclic) bond motifs is 1. The molecule has 202 valence electrons. The summed E-state index contributed by atoms with van der Waals surface area (Å²) in [6.07, 6.45) is 5.57. The van der Waals surface area contributed by atoms with Crippen LogP contribution >= 0.6 is 0 Å². The zero-order chi connectivity index (χ0) is 28.1. The Morgan fingerprint density at radius 1 is 0.700 bits per heavy atom. The molecule has 0 amide bonds. The fourth-order valence-corrected chi connectivity index (χ4v) is 5.48. The van der Waals surface area contributed by atoms with Crippen LogP contribution in [0.4, 0.5) is 11.4 Å². The highest BCUT2D eigenvalue weighted by Crippen LogP contribution is 2.38. The van der Waals surface area contributed by atoms with Gasteiger partial charge in [0.25, 0.3) is 0 Å². The minimum atomic E-state index is 0.561. The standard InChI is InChI=1S/C38H40N2/c1-6-28(5)29-17-21-32(22-18-29)39-37-26-25-36(34-11-9-10-12-35(34)37)38(30-15-13-27(4)14-16-30)31-19-23-33(24-20-31)40(7-2)8-3/h9-26,28H,6-8H2,1-5H3. The lowest BCUT2D eigenvalue weighted by molar-refractivity contribution is 0.734. The fourth-order valence-electron chi connectivity index (χ4n) is 5.48. The molecular weight excluding hydrogens is 484 g/mol. The molecule has 0 saturated heterocycles. The first-order chi connectivity index (χ1) is 19.5. The van der Waals surface area contributed by atoms with Gasteiger partial charge in [-0.1, -0.05) is 98.3 Å². The fraction of sp³-hybridized carbons (Fsp3) is 0.237. The lowest BCUT2D eigenvalue weighted by Gasteiger charge is -2.23. The number of aliphatic imine (C=N–C) groups is 1. The van der Waals surface area contributed by atoms with Crippen LogP contribution < -0.4 is 4.90 Å². The molecule has 1 aliphatic rings. The normalized spacial score (nSPS) is 15.6. The number of hydrogen-bond acceptors (Lipinski definition) is 2. The second-order valence-electron chi connectivity index (χ2n) is 10.7. The van der Waals surface area contributed by atoms with Gasteiger partial charge in [-0.2, -0.15) is 0 Å². The summed E-state index contributed by atoms with van der Waals surface area (Å²) in [5.41, 5.74) is 13.1. The van der Waals surface area contributed by atoms with Crippen LogP contribution in [0.2, 0.25) is 0 Å². The van der Waals surface area contributed by atoms with Crippen LogP contribution in [-0.2, 0) is 0 Å². The molecule has 0 saturated carbocycles. The van der Waals surface area contributed by atoms with Gasteiger partial charge in [0.15, 0.2) is 0 Å². The van der Waals surface area contributed by atoms with E-state index in [1.54, 1.807) is 0 Å². The van der Waals surface area contributed by atoms with Crippen molar-refractivity contribution < 1.29 is 0 Å². The van der Waals surface area contributed by atoms with Crippen molar-refractivity contribution >= 4 is 28.2 Å². The van der Waals surface area contributed by atoms with Crippen LogP contribution in [0.15, 0.2) is 114 Å². The van der Waals surface area contributed by atoms with E-state index in [1.165, 1.54) is 44.7 Å². The van der Waals surface area contributed by atoms with E-state index in [0.717, 1.165) is 36.5 Å². The first kappa shape index (κ1) is 27.4. The Balaban J connectivity index is 1.63. The van der Waals surface area contributed by atoms with E-state index in [-0.39, 0.29) is 0 Å². The average Bonchev–Trinajstić information content (AvgIpc) is 3.00. The van der Waals surface area contributed by atoms with Crippen molar-refractivity contribution in [3.63, 3.8) is 0 Å². The Morgan fingerprint density at radius 2 is 1.30 bits per heavy atom. The number of hydrogen-bond donors (Lipinski definition) is 0. The van der Waals surface area contributed by atoms with E-state index in [1.807, 2.05) is 0 Å². The largest absolute Gasteiger partial charge is 0.372 e. The van der Waals surface area contributed by atoms with Crippen LogP contribution in [0.5, 0.6) is 0 Å². The van der Waals surface area contributed by atoms with Gasteiger partial charge in [0, 0.05) is 24.3 Å². The summed E-state index contributed by atoms with van der Waals surface area (Å²) in [4.78, 5) is 7.47. The summed E-state index contributed by atoms with van der Waals surface area (Å²) in [6.45, 7) is 13.1. The lowest BCUT2D eigenvalue weighted by Crippen LogP contribution is -2.21. The Bertz CT molecular complexity index is 1530. The van der Waals surface area contributed by atoms with Crippen LogP contribution in [0.1, 0.15) is 73.4 Å². The van der Waals surface area contributed by atoms with E-state index in [9.17, 15) is 0 Å². The van der Waals surface area contributed by atoms with Crippen molar-refractivity contribution in [3.8, 4) is 0 Å². The van der Waals surface area contributed by atoms with Gasteiger partial charge in [0.2, 0.25) is 0 Å². The van der Waals surface area contributed by atoms with Crippen molar-refractivity contribution in [3.05, 3.63) is 143 Å². The summed E-state index contributed by atoms with van der Waals surface area (Å²) >= 11 is 0. The van der Waals surface area contributed by atoms with E-state index < -0.39 is 0 Å². The zero-order valence-electron chi connectivity index (χ0n) is 24.5. The monoisotopic (exact) mass is 524 g/mol. The average molecular weight is 525 g/mol. The predicted molar refractivity (Wildman–Crippen MR) is 174 cm³/mol. The molecule has 4 aromatic carbocycles. The molecule has 4 aromatic rings. The van der Waals surface area contributed by atoms with Gasteiger partial charge >= 0.3 is 0 Å². The smallest absolute Gasteiger partial charge is 0.0715 e. The predicted octanol–water partition coefficient (Wildman–Crippen LogP) is 10.0. The molecule has 0 N–H and O–H groups in total. The Morgan fingerprint density at radius 3 is 1.90 bits per heavy atom. The van der Waals surface area contributed by atoms with Gasteiger partial charge in [0.05, 0.1) is 11.4 Å². The maximum Gasteiger partial charge on any atom is 0.0715 e. The molecule has 2 heteroatoms. The van der Waals surface area contributed by atoms with Crippen molar-refractivity contribution in [2.75, 3.05) is 18.0 Å². The van der Waals surface area contributed by atoms with Crippen molar-refractivity contribution in [1.82, 2.24) is 0 Å². The maximum atomic E-state index is 5.09. The van der Waals surface area contributed by atoms with E-state index in [2.05, 4.69) is 149 Å². The van der Waals surface area contributed by atoms with Crippen molar-refractivity contribution in [2.45, 2.75) is 47.0 Å². The highest BCUT2D eigenvalue weighted by Gasteiger charge is 2.20. The Kier molecular flexibility index (Phi) is 8.45. The molecule has 0 heterocycles. The van der Waals surface area contributed by atoms with E-state index >= 15 is 0 Å². The van der Waals surface area contributed by atoms with Gasteiger partial charge in [-0.3, -0.25) is 0 Å². The van der Waals surface area contributed by atoms with Gasteiger partial charge in [-0.05, 0) is 96.9 Å². The van der Waals surface area contributed by atoms with Crippen molar-refractivity contribution in [2.24, 2.45) is 4.99 Å². The molecule has 0 aromatic heterocycles. The minimum Gasteiger partial charge on any atom is -0.372 e. The molecule has 40 heavy (non-hydrogen) atoms. The van der Waals surface area contributed by atoms with Crippen LogP contribution in [0.3, 0.4) is 0 Å². The molecule has 0 bridgehead atoms.